The molecule has 2 aliphatic heterocycles. The SMILES string of the molecule is CC(C(=O)O)[C@H]1CC=C(CC2=Nc3cc(Cl)ccc3Oc3ccccc32)CCN1. The Morgan fingerprint density at radius 2 is 2.14 bits per heavy atom. The molecular weight excluding hydrogens is 388 g/mol. The van der Waals surface area contributed by atoms with Gasteiger partial charge in [-0.3, -0.25) is 4.79 Å². The Labute approximate surface area is 175 Å². The topological polar surface area (TPSA) is 70.9 Å². The molecule has 4 rings (SSSR count). The molecule has 0 aromatic heterocycles. The number of hydrogen-bond acceptors (Lipinski definition) is 4. The van der Waals surface area contributed by atoms with Gasteiger partial charge in [-0.15, -0.1) is 0 Å². The van der Waals surface area contributed by atoms with Gasteiger partial charge in [0.1, 0.15) is 11.4 Å². The van der Waals surface area contributed by atoms with E-state index >= 15 is 0 Å². The number of ether oxygens (including phenoxy) is 1. The lowest BCUT2D eigenvalue weighted by Crippen LogP contribution is -2.38. The van der Waals surface area contributed by atoms with Crippen molar-refractivity contribution in [3.8, 4) is 11.5 Å². The molecule has 2 aromatic rings. The standard InChI is InChI=1S/C23H23ClN2O3/c1-14(23(27)28)18-8-6-15(10-11-25-18)12-19-17-4-2-3-5-21(17)29-22-9-7-16(24)13-20(22)26-19/h2-7,9,13-14,18,25H,8,10-12H2,1H3,(H,27,28)/t14?,18-/m1/s1. The van der Waals surface area contributed by atoms with Crippen LogP contribution in [0.25, 0.3) is 0 Å². The molecule has 2 aliphatic rings. The van der Waals surface area contributed by atoms with Gasteiger partial charge >= 0.3 is 5.97 Å². The van der Waals surface area contributed by atoms with Crippen molar-refractivity contribution in [1.82, 2.24) is 5.32 Å². The van der Waals surface area contributed by atoms with Crippen LogP contribution in [0.15, 0.2) is 59.1 Å². The smallest absolute Gasteiger partial charge is 0.307 e. The first-order valence-corrected chi connectivity index (χ1v) is 10.2. The lowest BCUT2D eigenvalue weighted by molar-refractivity contribution is -0.142. The first-order chi connectivity index (χ1) is 14.0. The van der Waals surface area contributed by atoms with E-state index in [0.29, 0.717) is 29.3 Å². The Morgan fingerprint density at radius 3 is 2.97 bits per heavy atom. The van der Waals surface area contributed by atoms with Crippen molar-refractivity contribution in [3.05, 3.63) is 64.7 Å². The van der Waals surface area contributed by atoms with E-state index in [1.54, 1.807) is 13.0 Å². The minimum Gasteiger partial charge on any atom is -0.481 e. The molecule has 2 heterocycles. The van der Waals surface area contributed by atoms with Crippen LogP contribution in [0.3, 0.4) is 0 Å². The van der Waals surface area contributed by atoms with Gasteiger partial charge in [0.2, 0.25) is 0 Å². The number of para-hydroxylation sites is 1. The summed E-state index contributed by atoms with van der Waals surface area (Å²) < 4.78 is 6.11. The average molecular weight is 411 g/mol. The molecule has 150 valence electrons. The molecule has 2 aromatic carbocycles. The van der Waals surface area contributed by atoms with Gasteiger partial charge in [0.15, 0.2) is 5.75 Å². The molecule has 0 fully saturated rings. The second-order valence-corrected chi connectivity index (χ2v) is 7.92. The molecule has 0 bridgehead atoms. The molecule has 0 spiro atoms. The highest BCUT2D eigenvalue weighted by atomic mass is 35.5. The van der Waals surface area contributed by atoms with Gasteiger partial charge in [0.05, 0.1) is 11.6 Å². The third kappa shape index (κ3) is 4.36. The van der Waals surface area contributed by atoms with Gasteiger partial charge in [-0.05, 0) is 49.7 Å². The van der Waals surface area contributed by atoms with E-state index in [9.17, 15) is 9.90 Å². The molecule has 29 heavy (non-hydrogen) atoms. The second kappa shape index (κ2) is 8.39. The zero-order chi connectivity index (χ0) is 20.4. The average Bonchev–Trinajstić information content (AvgIpc) is 3.02. The van der Waals surface area contributed by atoms with Crippen molar-refractivity contribution >= 4 is 29.0 Å². The summed E-state index contributed by atoms with van der Waals surface area (Å²) in [5.41, 5.74) is 3.86. The second-order valence-electron chi connectivity index (χ2n) is 7.48. The number of carbonyl (C=O) groups is 1. The molecular formula is C23H23ClN2O3. The van der Waals surface area contributed by atoms with Gasteiger partial charge in [-0.1, -0.05) is 42.3 Å². The highest BCUT2D eigenvalue weighted by Crippen LogP contribution is 2.40. The number of fused-ring (bicyclic) bond motifs is 2. The van der Waals surface area contributed by atoms with Crippen LogP contribution in [0.5, 0.6) is 11.5 Å². The third-order valence-corrected chi connectivity index (χ3v) is 5.73. The predicted molar refractivity (Wildman–Crippen MR) is 115 cm³/mol. The van der Waals surface area contributed by atoms with Crippen LogP contribution < -0.4 is 10.1 Å². The Hall–Kier alpha value is -2.63. The molecule has 5 nitrogen and oxygen atoms in total. The summed E-state index contributed by atoms with van der Waals surface area (Å²) in [6, 6.07) is 13.3. The quantitative estimate of drug-likeness (QED) is 0.666. The lowest BCUT2D eigenvalue weighted by atomic mass is 9.96. The molecule has 6 heteroatoms. The molecule has 1 unspecified atom stereocenters. The number of nitrogens with zero attached hydrogens (tertiary/aromatic N) is 1. The van der Waals surface area contributed by atoms with E-state index in [-0.39, 0.29) is 6.04 Å². The van der Waals surface area contributed by atoms with Gasteiger partial charge in [-0.2, -0.15) is 0 Å². The number of hydrogen-bond donors (Lipinski definition) is 2. The van der Waals surface area contributed by atoms with Crippen molar-refractivity contribution < 1.29 is 14.6 Å². The monoisotopic (exact) mass is 410 g/mol. The van der Waals surface area contributed by atoms with Gasteiger partial charge in [0.25, 0.3) is 0 Å². The van der Waals surface area contributed by atoms with Crippen molar-refractivity contribution in [2.24, 2.45) is 10.9 Å². The fraction of sp³-hybridized carbons (Fsp3) is 0.304. The highest BCUT2D eigenvalue weighted by Gasteiger charge is 2.25. The minimum atomic E-state index is -0.771. The number of benzene rings is 2. The molecule has 2 N–H and O–H groups in total. The summed E-state index contributed by atoms with van der Waals surface area (Å²) in [6.45, 7) is 2.50. The van der Waals surface area contributed by atoms with Crippen LogP contribution in [0.2, 0.25) is 5.02 Å². The Bertz CT molecular complexity index is 999. The number of halogens is 1. The largest absolute Gasteiger partial charge is 0.481 e. The van der Waals surface area contributed by atoms with Crippen molar-refractivity contribution in [2.75, 3.05) is 6.54 Å². The zero-order valence-electron chi connectivity index (χ0n) is 16.2. The predicted octanol–water partition coefficient (Wildman–Crippen LogP) is 5.36. The van der Waals surface area contributed by atoms with Gasteiger partial charge < -0.3 is 15.2 Å². The Morgan fingerprint density at radius 1 is 1.31 bits per heavy atom. The van der Waals surface area contributed by atoms with Crippen molar-refractivity contribution in [3.63, 3.8) is 0 Å². The third-order valence-electron chi connectivity index (χ3n) is 5.49. The molecule has 0 aliphatic carbocycles. The Balaban J connectivity index is 1.65. The van der Waals surface area contributed by atoms with Crippen LogP contribution in [-0.4, -0.2) is 29.4 Å². The normalized spacial score (nSPS) is 19.4. The number of aliphatic carboxylic acids is 1. The van der Waals surface area contributed by atoms with E-state index in [1.165, 1.54) is 5.57 Å². The maximum atomic E-state index is 11.3. The van der Waals surface area contributed by atoms with Crippen LogP contribution in [0, 0.1) is 5.92 Å². The maximum absolute atomic E-state index is 11.3. The molecule has 0 amide bonds. The number of aliphatic imine (C=N–C) groups is 1. The fourth-order valence-electron chi connectivity index (χ4n) is 3.74. The summed E-state index contributed by atoms with van der Waals surface area (Å²) in [4.78, 5) is 16.2. The lowest BCUT2D eigenvalue weighted by Gasteiger charge is -2.19. The fourth-order valence-corrected chi connectivity index (χ4v) is 3.91. The Kier molecular flexibility index (Phi) is 5.69. The molecule has 2 atom stereocenters. The van der Waals surface area contributed by atoms with Crippen LogP contribution >= 0.6 is 11.6 Å². The highest BCUT2D eigenvalue weighted by molar-refractivity contribution is 6.31. The number of carboxylic acids is 1. The van der Waals surface area contributed by atoms with Crippen LogP contribution in [-0.2, 0) is 4.79 Å². The van der Waals surface area contributed by atoms with Crippen molar-refractivity contribution in [2.45, 2.75) is 32.2 Å². The first kappa shape index (κ1) is 19.7. The summed E-state index contributed by atoms with van der Waals surface area (Å²) in [6.07, 6.45) is 4.39. The summed E-state index contributed by atoms with van der Waals surface area (Å²) in [7, 11) is 0. The number of carboxylic acid groups (broad SMARTS) is 1. The van der Waals surface area contributed by atoms with Crippen molar-refractivity contribution in [1.29, 1.82) is 0 Å². The first-order valence-electron chi connectivity index (χ1n) is 9.79. The summed E-state index contributed by atoms with van der Waals surface area (Å²) in [5, 5.41) is 13.3. The maximum Gasteiger partial charge on any atom is 0.307 e. The minimum absolute atomic E-state index is 0.0591. The summed E-state index contributed by atoms with van der Waals surface area (Å²) >= 11 is 6.18. The van der Waals surface area contributed by atoms with E-state index in [2.05, 4.69) is 11.4 Å². The summed E-state index contributed by atoms with van der Waals surface area (Å²) in [5.74, 6) is 0.261. The van der Waals surface area contributed by atoms with Gasteiger partial charge in [-0.25, -0.2) is 4.99 Å². The van der Waals surface area contributed by atoms with Gasteiger partial charge in [0, 0.05) is 23.0 Å². The zero-order valence-corrected chi connectivity index (χ0v) is 16.9. The number of rotatable bonds is 4. The van der Waals surface area contributed by atoms with E-state index in [0.717, 1.165) is 30.0 Å². The van der Waals surface area contributed by atoms with E-state index in [4.69, 9.17) is 21.3 Å². The molecule has 0 saturated heterocycles. The number of nitrogens with one attached hydrogen (secondary N) is 1. The van der Waals surface area contributed by atoms with Crippen LogP contribution in [0.4, 0.5) is 5.69 Å². The van der Waals surface area contributed by atoms with E-state index in [1.807, 2.05) is 36.4 Å². The molecule has 0 radical (unpaired) electrons. The molecule has 0 saturated carbocycles. The van der Waals surface area contributed by atoms with E-state index < -0.39 is 11.9 Å². The van der Waals surface area contributed by atoms with Crippen LogP contribution in [0.1, 0.15) is 31.7 Å².